The number of nitrogens with one attached hydrogen (secondary N) is 1. The van der Waals surface area contributed by atoms with E-state index in [0.29, 0.717) is 30.3 Å². The third kappa shape index (κ3) is 2.46. The summed E-state index contributed by atoms with van der Waals surface area (Å²) in [5.74, 6) is 1.25. The molecule has 0 spiro atoms. The molecule has 0 saturated carbocycles. The minimum absolute atomic E-state index is 0.177. The third-order valence-electron chi connectivity index (χ3n) is 3.92. The van der Waals surface area contributed by atoms with E-state index < -0.39 is 0 Å². The maximum Gasteiger partial charge on any atom is 0.321 e. The molecule has 3 aliphatic rings. The lowest BCUT2D eigenvalue weighted by atomic mass is 10.1. The Morgan fingerprint density at radius 2 is 2.00 bits per heavy atom. The number of hydrogen-bond donors (Lipinski definition) is 1. The van der Waals surface area contributed by atoms with Gasteiger partial charge in [0.1, 0.15) is 0 Å². The number of nitrogens with zero attached hydrogens (tertiary/aromatic N) is 2. The Kier molecular flexibility index (Phi) is 3.29. The van der Waals surface area contributed by atoms with E-state index in [0.717, 1.165) is 11.8 Å². The summed E-state index contributed by atoms with van der Waals surface area (Å²) in [6.07, 6.45) is 0. The average Bonchev–Trinajstić information content (AvgIpc) is 3.06. The maximum absolute atomic E-state index is 12.2. The van der Waals surface area contributed by atoms with Crippen LogP contribution in [0, 0.1) is 0 Å². The molecule has 2 saturated heterocycles. The molecule has 9 heteroatoms. The predicted octanol–water partition coefficient (Wildman–Crippen LogP) is 1.33. The number of thioether (sulfide) groups is 1. The zero-order valence-electron chi connectivity index (χ0n) is 12.0. The summed E-state index contributed by atoms with van der Waals surface area (Å²) in [7, 11) is 0. The van der Waals surface area contributed by atoms with Gasteiger partial charge in [0, 0.05) is 24.8 Å². The molecule has 4 amide bonds. The number of carbonyl (C=O) groups is 3. The van der Waals surface area contributed by atoms with Crippen LogP contribution in [0.2, 0.25) is 0 Å². The molecule has 120 valence electrons. The van der Waals surface area contributed by atoms with Crippen LogP contribution < -0.4 is 14.8 Å². The molecule has 0 aromatic heterocycles. The highest BCUT2D eigenvalue weighted by molar-refractivity contribution is 8.14. The summed E-state index contributed by atoms with van der Waals surface area (Å²) in [6.45, 7) is 0.888. The van der Waals surface area contributed by atoms with E-state index in [9.17, 15) is 14.4 Å². The first-order valence-electron chi connectivity index (χ1n) is 7.06. The summed E-state index contributed by atoms with van der Waals surface area (Å²) < 4.78 is 10.5. The second-order valence-corrected chi connectivity index (χ2v) is 6.30. The van der Waals surface area contributed by atoms with Crippen LogP contribution in [0.15, 0.2) is 18.2 Å². The van der Waals surface area contributed by atoms with Gasteiger partial charge in [0.15, 0.2) is 11.5 Å². The van der Waals surface area contributed by atoms with Crippen LogP contribution in [-0.4, -0.2) is 58.7 Å². The van der Waals surface area contributed by atoms with Crippen molar-refractivity contribution in [3.63, 3.8) is 0 Å². The van der Waals surface area contributed by atoms with E-state index >= 15 is 0 Å². The highest BCUT2D eigenvalue weighted by Crippen LogP contribution is 2.34. The Labute approximate surface area is 135 Å². The molecule has 1 aromatic carbocycles. The average molecular weight is 335 g/mol. The van der Waals surface area contributed by atoms with Gasteiger partial charge in [0.25, 0.3) is 5.24 Å². The minimum Gasteiger partial charge on any atom is -0.454 e. The van der Waals surface area contributed by atoms with Crippen LogP contribution in [0.3, 0.4) is 0 Å². The maximum atomic E-state index is 12.2. The van der Waals surface area contributed by atoms with Crippen molar-refractivity contribution in [2.45, 2.75) is 6.04 Å². The summed E-state index contributed by atoms with van der Waals surface area (Å²) in [5, 5.41) is 2.54. The van der Waals surface area contributed by atoms with Crippen molar-refractivity contribution in [2.24, 2.45) is 0 Å². The molecule has 0 bridgehead atoms. The van der Waals surface area contributed by atoms with Crippen LogP contribution in [0.25, 0.3) is 0 Å². The lowest BCUT2D eigenvalue weighted by Crippen LogP contribution is -2.62. The number of anilines is 1. The molecule has 2 fully saturated rings. The largest absolute Gasteiger partial charge is 0.454 e. The Morgan fingerprint density at radius 3 is 2.74 bits per heavy atom. The summed E-state index contributed by atoms with van der Waals surface area (Å²) >= 11 is 1.01. The molecule has 3 heterocycles. The van der Waals surface area contributed by atoms with E-state index in [-0.39, 0.29) is 35.8 Å². The van der Waals surface area contributed by atoms with Crippen LogP contribution in [0.4, 0.5) is 15.3 Å². The molecular weight excluding hydrogens is 322 g/mol. The van der Waals surface area contributed by atoms with Gasteiger partial charge in [-0.15, -0.1) is 0 Å². The van der Waals surface area contributed by atoms with Crippen LogP contribution in [0.1, 0.15) is 0 Å². The second kappa shape index (κ2) is 5.34. The van der Waals surface area contributed by atoms with Gasteiger partial charge in [0.05, 0.1) is 11.8 Å². The van der Waals surface area contributed by atoms with Crippen molar-refractivity contribution in [3.05, 3.63) is 18.2 Å². The third-order valence-corrected chi connectivity index (χ3v) is 4.76. The van der Waals surface area contributed by atoms with Gasteiger partial charge in [-0.05, 0) is 12.1 Å². The number of benzene rings is 1. The Bertz CT molecular complexity index is 688. The van der Waals surface area contributed by atoms with Gasteiger partial charge in [-0.1, -0.05) is 11.8 Å². The molecule has 1 aromatic rings. The molecule has 0 atom stereocenters. The van der Waals surface area contributed by atoms with Crippen molar-refractivity contribution in [2.75, 3.05) is 31.0 Å². The van der Waals surface area contributed by atoms with Crippen LogP contribution in [-0.2, 0) is 4.79 Å². The molecule has 1 N–H and O–H groups in total. The Morgan fingerprint density at radius 1 is 1.22 bits per heavy atom. The Hall–Kier alpha value is -2.42. The van der Waals surface area contributed by atoms with Gasteiger partial charge in [-0.25, -0.2) is 4.79 Å². The fourth-order valence-corrected chi connectivity index (χ4v) is 3.45. The molecule has 23 heavy (non-hydrogen) atoms. The number of urea groups is 1. The number of hydrogen-bond acceptors (Lipinski definition) is 6. The van der Waals surface area contributed by atoms with E-state index in [1.807, 2.05) is 0 Å². The molecule has 3 aliphatic heterocycles. The first-order valence-corrected chi connectivity index (χ1v) is 8.05. The van der Waals surface area contributed by atoms with Gasteiger partial charge >= 0.3 is 6.03 Å². The number of carbonyl (C=O) groups excluding carboxylic acids is 3. The fraction of sp³-hybridized carbons (Fsp3) is 0.357. The van der Waals surface area contributed by atoms with Crippen molar-refractivity contribution in [3.8, 4) is 11.5 Å². The molecule has 4 rings (SSSR count). The van der Waals surface area contributed by atoms with Crippen LogP contribution >= 0.6 is 11.8 Å². The lowest BCUT2D eigenvalue weighted by Gasteiger charge is -2.42. The minimum atomic E-state index is -0.271. The van der Waals surface area contributed by atoms with Gasteiger partial charge < -0.3 is 19.7 Å². The molecule has 0 aliphatic carbocycles. The topological polar surface area (TPSA) is 88.2 Å². The van der Waals surface area contributed by atoms with Crippen LogP contribution in [0.5, 0.6) is 11.5 Å². The second-order valence-electron chi connectivity index (χ2n) is 5.38. The van der Waals surface area contributed by atoms with Crippen molar-refractivity contribution < 1.29 is 23.9 Å². The number of ether oxygens (including phenoxy) is 2. The number of amides is 4. The zero-order valence-corrected chi connectivity index (χ0v) is 12.8. The van der Waals surface area contributed by atoms with E-state index in [1.165, 1.54) is 4.90 Å². The van der Waals surface area contributed by atoms with Crippen molar-refractivity contribution in [1.82, 2.24) is 9.80 Å². The zero-order chi connectivity index (χ0) is 16.0. The smallest absolute Gasteiger partial charge is 0.321 e. The summed E-state index contributed by atoms with van der Waals surface area (Å²) in [4.78, 5) is 38.2. The van der Waals surface area contributed by atoms with Gasteiger partial charge in [-0.2, -0.15) is 0 Å². The van der Waals surface area contributed by atoms with Gasteiger partial charge in [0.2, 0.25) is 12.7 Å². The van der Waals surface area contributed by atoms with Gasteiger partial charge in [-0.3, -0.25) is 14.5 Å². The first-order chi connectivity index (χ1) is 11.1. The predicted molar refractivity (Wildman–Crippen MR) is 81.6 cm³/mol. The molecule has 0 unspecified atom stereocenters. The normalized spacial score (nSPS) is 20.0. The molecule has 8 nitrogen and oxygen atoms in total. The van der Waals surface area contributed by atoms with E-state index in [2.05, 4.69) is 5.32 Å². The lowest BCUT2D eigenvalue weighted by molar-refractivity contribution is -0.128. The number of likely N-dealkylation sites (tertiary alicyclic amines) is 1. The first kappa shape index (κ1) is 14.2. The number of rotatable bonds is 2. The highest BCUT2D eigenvalue weighted by Gasteiger charge is 2.43. The standard InChI is InChI=1S/C14H13N3O5S/c18-12-6-23-14(20)17(12)9-4-16(5-9)13(19)15-8-1-2-10-11(3-8)22-7-21-10/h1-3,9H,4-7H2,(H,15,19). The summed E-state index contributed by atoms with van der Waals surface area (Å²) in [6, 6.07) is 4.67. The SMILES string of the molecule is O=C(Nc1ccc2c(c1)OCO2)N1CC(N2C(=O)CSC2=O)C1. The highest BCUT2D eigenvalue weighted by atomic mass is 32.2. The summed E-state index contributed by atoms with van der Waals surface area (Å²) in [5.41, 5.74) is 0.603. The molecule has 0 radical (unpaired) electrons. The molecular formula is C14H13N3O5S. The van der Waals surface area contributed by atoms with E-state index in [1.54, 1.807) is 23.1 Å². The number of imide groups is 1. The van der Waals surface area contributed by atoms with Crippen molar-refractivity contribution >= 4 is 34.6 Å². The number of fused-ring (bicyclic) bond motifs is 1. The fourth-order valence-electron chi connectivity index (χ4n) is 2.68. The van der Waals surface area contributed by atoms with Crippen molar-refractivity contribution in [1.29, 1.82) is 0 Å². The monoisotopic (exact) mass is 335 g/mol. The quantitative estimate of drug-likeness (QED) is 0.877. The van der Waals surface area contributed by atoms with E-state index in [4.69, 9.17) is 9.47 Å². The Balaban J connectivity index is 1.35.